The van der Waals surface area contributed by atoms with E-state index in [9.17, 15) is 0 Å². The standard InChI is InChI=1S/C9H10.H3O4P/c1-2-6-9-7-4-3-5-8-9;1-5(2,3)4/h2-5,7-8H,1,6H2;(H3,1,2,3,4). The molecule has 5 heteroatoms. The number of benzene rings is 1. The van der Waals surface area contributed by atoms with Crippen LogP contribution in [0.15, 0.2) is 43.0 Å². The van der Waals surface area contributed by atoms with Crippen molar-refractivity contribution in [3.05, 3.63) is 48.6 Å². The van der Waals surface area contributed by atoms with Gasteiger partial charge in [-0.15, -0.1) is 6.58 Å². The van der Waals surface area contributed by atoms with Gasteiger partial charge in [0.2, 0.25) is 0 Å². The van der Waals surface area contributed by atoms with E-state index in [4.69, 9.17) is 19.2 Å². The van der Waals surface area contributed by atoms with Crippen molar-refractivity contribution in [2.75, 3.05) is 0 Å². The first-order chi connectivity index (χ1) is 6.43. The van der Waals surface area contributed by atoms with Gasteiger partial charge in [-0.2, -0.15) is 0 Å². The zero-order valence-electron chi connectivity index (χ0n) is 7.58. The lowest BCUT2D eigenvalue weighted by atomic mass is 10.2. The minimum atomic E-state index is -4.64. The van der Waals surface area contributed by atoms with Crippen LogP contribution in [-0.2, 0) is 11.0 Å². The van der Waals surface area contributed by atoms with Crippen molar-refractivity contribution in [1.82, 2.24) is 0 Å². The molecule has 4 nitrogen and oxygen atoms in total. The maximum Gasteiger partial charge on any atom is 0.466 e. The summed E-state index contributed by atoms with van der Waals surface area (Å²) in [5.41, 5.74) is 1.33. The van der Waals surface area contributed by atoms with Crippen molar-refractivity contribution >= 4 is 7.82 Å². The fourth-order valence-electron chi connectivity index (χ4n) is 0.781. The van der Waals surface area contributed by atoms with Gasteiger partial charge in [-0.1, -0.05) is 36.4 Å². The Bertz CT molecular complexity index is 296. The number of phosphoric acid groups is 1. The summed E-state index contributed by atoms with van der Waals surface area (Å²) in [4.78, 5) is 21.6. The van der Waals surface area contributed by atoms with Crippen molar-refractivity contribution in [2.24, 2.45) is 0 Å². The zero-order chi connectivity index (χ0) is 11.0. The number of hydrogen-bond donors (Lipinski definition) is 3. The number of hydrogen-bond acceptors (Lipinski definition) is 1. The van der Waals surface area contributed by atoms with Gasteiger partial charge in [0.05, 0.1) is 0 Å². The third kappa shape index (κ3) is 11.1. The van der Waals surface area contributed by atoms with Crippen LogP contribution < -0.4 is 0 Å². The molecule has 0 amide bonds. The molecule has 0 fully saturated rings. The lowest BCUT2D eigenvalue weighted by Crippen LogP contribution is -1.75. The van der Waals surface area contributed by atoms with Crippen LogP contribution in [0.2, 0.25) is 0 Å². The maximum atomic E-state index is 8.88. The predicted octanol–water partition coefficient (Wildman–Crippen LogP) is 1.49. The second-order valence-electron chi connectivity index (χ2n) is 2.49. The van der Waals surface area contributed by atoms with E-state index in [-0.39, 0.29) is 0 Å². The van der Waals surface area contributed by atoms with Gasteiger partial charge >= 0.3 is 7.82 Å². The molecule has 0 aliphatic rings. The first-order valence-corrected chi connectivity index (χ1v) is 5.43. The van der Waals surface area contributed by atoms with Crippen molar-refractivity contribution in [3.63, 3.8) is 0 Å². The SMILES string of the molecule is C=CCc1ccccc1.O=P(O)(O)O. The Morgan fingerprint density at radius 3 is 2.00 bits per heavy atom. The summed E-state index contributed by atoms with van der Waals surface area (Å²) in [5, 5.41) is 0. The molecule has 0 saturated carbocycles. The minimum Gasteiger partial charge on any atom is -0.303 e. The Hall–Kier alpha value is -0.930. The second kappa shape index (κ2) is 6.51. The van der Waals surface area contributed by atoms with E-state index < -0.39 is 7.82 Å². The Kier molecular flexibility index (Phi) is 6.08. The van der Waals surface area contributed by atoms with Gasteiger partial charge < -0.3 is 14.7 Å². The van der Waals surface area contributed by atoms with E-state index in [1.807, 2.05) is 24.3 Å². The van der Waals surface area contributed by atoms with E-state index in [0.29, 0.717) is 0 Å². The third-order valence-corrected chi connectivity index (χ3v) is 1.22. The summed E-state index contributed by atoms with van der Waals surface area (Å²) >= 11 is 0. The molecule has 0 spiro atoms. The van der Waals surface area contributed by atoms with Crippen LogP contribution in [0.4, 0.5) is 0 Å². The van der Waals surface area contributed by atoms with Gasteiger partial charge in [0.25, 0.3) is 0 Å². The van der Waals surface area contributed by atoms with E-state index >= 15 is 0 Å². The van der Waals surface area contributed by atoms with Gasteiger partial charge in [0.1, 0.15) is 0 Å². The molecule has 0 aliphatic carbocycles. The molecule has 1 aromatic rings. The summed E-state index contributed by atoms with van der Waals surface area (Å²) in [6.07, 6.45) is 2.89. The Labute approximate surface area is 82.8 Å². The maximum absolute atomic E-state index is 8.88. The summed E-state index contributed by atoms with van der Waals surface area (Å²) in [6.45, 7) is 3.66. The lowest BCUT2D eigenvalue weighted by molar-refractivity contribution is 0.275. The van der Waals surface area contributed by atoms with Crippen molar-refractivity contribution in [3.8, 4) is 0 Å². The van der Waals surface area contributed by atoms with Crippen molar-refractivity contribution < 1.29 is 19.2 Å². The monoisotopic (exact) mass is 216 g/mol. The minimum absolute atomic E-state index is 0.973. The molecule has 14 heavy (non-hydrogen) atoms. The molecule has 0 heterocycles. The van der Waals surface area contributed by atoms with E-state index in [0.717, 1.165) is 6.42 Å². The van der Waals surface area contributed by atoms with Crippen molar-refractivity contribution in [1.29, 1.82) is 0 Å². The average Bonchev–Trinajstić information content (AvgIpc) is 2.03. The highest BCUT2D eigenvalue weighted by atomic mass is 31.2. The second-order valence-corrected chi connectivity index (χ2v) is 3.52. The molecule has 0 bridgehead atoms. The summed E-state index contributed by atoms with van der Waals surface area (Å²) in [7, 11) is -4.64. The van der Waals surface area contributed by atoms with Crippen LogP contribution in [0.5, 0.6) is 0 Å². The summed E-state index contributed by atoms with van der Waals surface area (Å²) < 4.78 is 8.88. The predicted molar refractivity (Wildman–Crippen MR) is 54.6 cm³/mol. The fourth-order valence-corrected chi connectivity index (χ4v) is 0.781. The van der Waals surface area contributed by atoms with Crippen LogP contribution in [-0.4, -0.2) is 14.7 Å². The molecule has 3 N–H and O–H groups in total. The Morgan fingerprint density at radius 1 is 1.21 bits per heavy atom. The molecule has 0 unspecified atom stereocenters. The quantitative estimate of drug-likeness (QED) is 0.517. The zero-order valence-corrected chi connectivity index (χ0v) is 8.47. The third-order valence-electron chi connectivity index (χ3n) is 1.22. The first-order valence-electron chi connectivity index (χ1n) is 3.86. The topological polar surface area (TPSA) is 77.8 Å². The van der Waals surface area contributed by atoms with Crippen LogP contribution in [0.1, 0.15) is 5.56 Å². The van der Waals surface area contributed by atoms with Gasteiger partial charge in [-0.3, -0.25) is 0 Å². The number of allylic oxidation sites excluding steroid dienone is 1. The van der Waals surface area contributed by atoms with Crippen molar-refractivity contribution in [2.45, 2.75) is 6.42 Å². The van der Waals surface area contributed by atoms with Gasteiger partial charge in [0, 0.05) is 0 Å². The lowest BCUT2D eigenvalue weighted by Gasteiger charge is -1.91. The fraction of sp³-hybridized carbons (Fsp3) is 0.111. The summed E-state index contributed by atoms with van der Waals surface area (Å²) in [5.74, 6) is 0. The van der Waals surface area contributed by atoms with Crippen LogP contribution in [0.25, 0.3) is 0 Å². The first kappa shape index (κ1) is 13.1. The number of rotatable bonds is 2. The Morgan fingerprint density at radius 2 is 1.64 bits per heavy atom. The molecule has 78 valence electrons. The highest BCUT2D eigenvalue weighted by Gasteiger charge is 2.00. The molecule has 0 saturated heterocycles. The van der Waals surface area contributed by atoms with Crippen LogP contribution in [0, 0.1) is 0 Å². The smallest absolute Gasteiger partial charge is 0.303 e. The largest absolute Gasteiger partial charge is 0.466 e. The molecular formula is C9H13O4P. The summed E-state index contributed by atoms with van der Waals surface area (Å²) in [6, 6.07) is 10.3. The van der Waals surface area contributed by atoms with E-state index in [2.05, 4.69) is 18.7 Å². The normalized spacial score (nSPS) is 9.93. The Balaban J connectivity index is 0.000000292. The van der Waals surface area contributed by atoms with Gasteiger partial charge in [-0.25, -0.2) is 4.57 Å². The van der Waals surface area contributed by atoms with Crippen LogP contribution >= 0.6 is 7.82 Å². The van der Waals surface area contributed by atoms with Crippen LogP contribution in [0.3, 0.4) is 0 Å². The molecule has 0 atom stereocenters. The molecular weight excluding hydrogens is 203 g/mol. The average molecular weight is 216 g/mol. The molecule has 0 aliphatic heterocycles. The molecule has 1 aromatic carbocycles. The highest BCUT2D eigenvalue weighted by molar-refractivity contribution is 7.45. The highest BCUT2D eigenvalue weighted by Crippen LogP contribution is 2.25. The van der Waals surface area contributed by atoms with Gasteiger partial charge in [0.15, 0.2) is 0 Å². The van der Waals surface area contributed by atoms with E-state index in [1.54, 1.807) is 0 Å². The van der Waals surface area contributed by atoms with E-state index in [1.165, 1.54) is 5.56 Å². The molecule has 0 radical (unpaired) electrons. The molecule has 1 rings (SSSR count). The molecule has 0 aromatic heterocycles. The van der Waals surface area contributed by atoms with Gasteiger partial charge in [-0.05, 0) is 12.0 Å².